The van der Waals surface area contributed by atoms with E-state index < -0.39 is 0 Å². The molecule has 4 nitrogen and oxygen atoms in total. The third kappa shape index (κ3) is 4.53. The summed E-state index contributed by atoms with van der Waals surface area (Å²) in [5, 5.41) is 7.02. The first-order valence-corrected chi connectivity index (χ1v) is 8.65. The Morgan fingerprint density at radius 1 is 1.13 bits per heavy atom. The second-order valence-corrected chi connectivity index (χ2v) is 6.52. The Hall–Kier alpha value is -1.92. The van der Waals surface area contributed by atoms with Crippen molar-refractivity contribution in [3.05, 3.63) is 58.8 Å². The SMILES string of the molecule is S=C(NCCCc1nc2ccccc2[nH]1)Nc1ccc(Br)cc1. The number of nitrogens with zero attached hydrogens (tertiary/aromatic N) is 1. The number of benzene rings is 2. The Morgan fingerprint density at radius 2 is 1.91 bits per heavy atom. The molecule has 0 unspecified atom stereocenters. The van der Waals surface area contributed by atoms with E-state index in [0.29, 0.717) is 5.11 Å². The lowest BCUT2D eigenvalue weighted by molar-refractivity contribution is 0.753. The maximum Gasteiger partial charge on any atom is 0.170 e. The number of rotatable bonds is 5. The second kappa shape index (κ2) is 7.57. The monoisotopic (exact) mass is 388 g/mol. The fourth-order valence-corrected chi connectivity index (χ4v) is 2.77. The predicted molar refractivity (Wildman–Crippen MR) is 103 cm³/mol. The van der Waals surface area contributed by atoms with Gasteiger partial charge < -0.3 is 15.6 Å². The van der Waals surface area contributed by atoms with Crippen LogP contribution in [0.15, 0.2) is 53.0 Å². The number of nitrogens with one attached hydrogen (secondary N) is 3. The number of aryl methyl sites for hydroxylation is 1. The van der Waals surface area contributed by atoms with Crippen LogP contribution in [0.3, 0.4) is 0 Å². The maximum absolute atomic E-state index is 5.29. The summed E-state index contributed by atoms with van der Waals surface area (Å²) in [6.07, 6.45) is 1.85. The summed E-state index contributed by atoms with van der Waals surface area (Å²) in [4.78, 5) is 7.91. The maximum atomic E-state index is 5.29. The van der Waals surface area contributed by atoms with Gasteiger partial charge in [-0.05, 0) is 55.0 Å². The molecule has 0 spiro atoms. The molecule has 0 saturated carbocycles. The molecule has 0 saturated heterocycles. The average Bonchev–Trinajstić information content (AvgIpc) is 2.96. The minimum Gasteiger partial charge on any atom is -0.362 e. The number of halogens is 1. The van der Waals surface area contributed by atoms with Gasteiger partial charge in [0.05, 0.1) is 11.0 Å². The number of hydrogen-bond donors (Lipinski definition) is 3. The van der Waals surface area contributed by atoms with E-state index in [9.17, 15) is 0 Å². The number of thiocarbonyl (C=S) groups is 1. The highest BCUT2D eigenvalue weighted by Crippen LogP contribution is 2.14. The van der Waals surface area contributed by atoms with Gasteiger partial charge in [0.15, 0.2) is 5.11 Å². The summed E-state index contributed by atoms with van der Waals surface area (Å²) in [6.45, 7) is 0.805. The van der Waals surface area contributed by atoms with Gasteiger partial charge in [-0.25, -0.2) is 4.98 Å². The van der Waals surface area contributed by atoms with Crippen LogP contribution in [0.2, 0.25) is 0 Å². The lowest BCUT2D eigenvalue weighted by Gasteiger charge is -2.10. The van der Waals surface area contributed by atoms with Gasteiger partial charge in [0.1, 0.15) is 5.82 Å². The lowest BCUT2D eigenvalue weighted by atomic mass is 10.3. The van der Waals surface area contributed by atoms with Crippen molar-refractivity contribution in [3.63, 3.8) is 0 Å². The predicted octanol–water partition coefficient (Wildman–Crippen LogP) is 4.24. The van der Waals surface area contributed by atoms with Gasteiger partial charge in [-0.2, -0.15) is 0 Å². The van der Waals surface area contributed by atoms with Crippen LogP contribution < -0.4 is 10.6 Å². The molecule has 3 N–H and O–H groups in total. The van der Waals surface area contributed by atoms with Crippen LogP contribution in [0.25, 0.3) is 11.0 Å². The normalized spacial score (nSPS) is 10.7. The van der Waals surface area contributed by atoms with Gasteiger partial charge in [0, 0.05) is 23.1 Å². The molecule has 0 aliphatic rings. The Morgan fingerprint density at radius 3 is 2.70 bits per heavy atom. The van der Waals surface area contributed by atoms with E-state index in [-0.39, 0.29) is 0 Å². The second-order valence-electron chi connectivity index (χ2n) is 5.19. The molecule has 118 valence electrons. The van der Waals surface area contributed by atoms with Crippen molar-refractivity contribution < 1.29 is 0 Å². The molecule has 6 heteroatoms. The van der Waals surface area contributed by atoms with E-state index in [2.05, 4.69) is 36.5 Å². The number of fused-ring (bicyclic) bond motifs is 1. The molecular formula is C17H17BrN4S. The van der Waals surface area contributed by atoms with Crippen LogP contribution in [-0.4, -0.2) is 21.6 Å². The minimum atomic E-state index is 0.636. The zero-order chi connectivity index (χ0) is 16.1. The van der Waals surface area contributed by atoms with Crippen LogP contribution in [0, 0.1) is 0 Å². The third-order valence-corrected chi connectivity index (χ3v) is 4.19. The van der Waals surface area contributed by atoms with Gasteiger partial charge in [-0.3, -0.25) is 0 Å². The van der Waals surface area contributed by atoms with E-state index in [0.717, 1.165) is 46.4 Å². The van der Waals surface area contributed by atoms with Gasteiger partial charge in [0.25, 0.3) is 0 Å². The van der Waals surface area contributed by atoms with Crippen LogP contribution in [0.4, 0.5) is 5.69 Å². The highest BCUT2D eigenvalue weighted by Gasteiger charge is 2.02. The Bertz CT molecular complexity index is 765. The van der Waals surface area contributed by atoms with Crippen molar-refractivity contribution in [1.29, 1.82) is 0 Å². The van der Waals surface area contributed by atoms with Crippen LogP contribution in [0.5, 0.6) is 0 Å². The van der Waals surface area contributed by atoms with Gasteiger partial charge >= 0.3 is 0 Å². The van der Waals surface area contributed by atoms with Crippen molar-refractivity contribution >= 4 is 50.0 Å². The number of aromatic nitrogens is 2. The zero-order valence-corrected chi connectivity index (χ0v) is 14.9. The summed E-state index contributed by atoms with van der Waals surface area (Å²) in [5.74, 6) is 1.01. The summed E-state index contributed by atoms with van der Waals surface area (Å²) >= 11 is 8.71. The molecule has 3 rings (SSSR count). The van der Waals surface area contributed by atoms with Crippen LogP contribution in [-0.2, 0) is 6.42 Å². The Labute approximate surface area is 148 Å². The molecule has 0 radical (unpaired) electrons. The van der Waals surface area contributed by atoms with E-state index in [1.54, 1.807) is 0 Å². The van der Waals surface area contributed by atoms with Crippen molar-refractivity contribution in [2.45, 2.75) is 12.8 Å². The highest BCUT2D eigenvalue weighted by atomic mass is 79.9. The molecule has 0 bridgehead atoms. The average molecular weight is 389 g/mol. The number of aromatic amines is 1. The molecular weight excluding hydrogens is 372 g/mol. The summed E-state index contributed by atoms with van der Waals surface area (Å²) in [6, 6.07) is 16.0. The van der Waals surface area contributed by atoms with Gasteiger partial charge in [-0.1, -0.05) is 28.1 Å². The molecule has 2 aromatic carbocycles. The molecule has 1 aromatic heterocycles. The lowest BCUT2D eigenvalue weighted by Crippen LogP contribution is -2.29. The number of H-pyrrole nitrogens is 1. The first-order chi connectivity index (χ1) is 11.2. The Kier molecular flexibility index (Phi) is 5.25. The zero-order valence-electron chi connectivity index (χ0n) is 12.5. The van der Waals surface area contributed by atoms with E-state index in [1.807, 2.05) is 48.5 Å². The summed E-state index contributed by atoms with van der Waals surface area (Å²) < 4.78 is 1.05. The van der Waals surface area contributed by atoms with Crippen molar-refractivity contribution in [2.75, 3.05) is 11.9 Å². The number of para-hydroxylation sites is 2. The topological polar surface area (TPSA) is 52.7 Å². The smallest absolute Gasteiger partial charge is 0.170 e. The first kappa shape index (κ1) is 16.0. The molecule has 0 fully saturated rings. The molecule has 3 aromatic rings. The molecule has 1 heterocycles. The van der Waals surface area contributed by atoms with E-state index in [4.69, 9.17) is 12.2 Å². The standard InChI is InChI=1S/C17H17BrN4S/c18-12-7-9-13(10-8-12)20-17(23)19-11-3-6-16-21-14-4-1-2-5-15(14)22-16/h1-2,4-5,7-10H,3,6,11H2,(H,21,22)(H2,19,20,23). The van der Waals surface area contributed by atoms with E-state index in [1.165, 1.54) is 0 Å². The number of hydrogen-bond acceptors (Lipinski definition) is 2. The molecule has 0 aliphatic carbocycles. The minimum absolute atomic E-state index is 0.636. The van der Waals surface area contributed by atoms with Crippen LogP contribution >= 0.6 is 28.1 Å². The summed E-state index contributed by atoms with van der Waals surface area (Å²) in [5.41, 5.74) is 3.08. The highest BCUT2D eigenvalue weighted by molar-refractivity contribution is 9.10. The van der Waals surface area contributed by atoms with Crippen molar-refractivity contribution in [2.24, 2.45) is 0 Å². The molecule has 0 aliphatic heterocycles. The molecule has 0 amide bonds. The molecule has 0 atom stereocenters. The summed E-state index contributed by atoms with van der Waals surface area (Å²) in [7, 11) is 0. The third-order valence-electron chi connectivity index (χ3n) is 3.42. The quantitative estimate of drug-likeness (QED) is 0.451. The fraction of sp³-hybridized carbons (Fsp3) is 0.176. The number of imidazole rings is 1. The van der Waals surface area contributed by atoms with Crippen molar-refractivity contribution in [3.8, 4) is 0 Å². The van der Waals surface area contributed by atoms with Crippen molar-refractivity contribution in [1.82, 2.24) is 15.3 Å². The fourth-order valence-electron chi connectivity index (χ4n) is 2.29. The Balaban J connectivity index is 1.42. The molecule has 23 heavy (non-hydrogen) atoms. The van der Waals surface area contributed by atoms with E-state index >= 15 is 0 Å². The van der Waals surface area contributed by atoms with Gasteiger partial charge in [0.2, 0.25) is 0 Å². The van der Waals surface area contributed by atoms with Crippen LogP contribution in [0.1, 0.15) is 12.2 Å². The largest absolute Gasteiger partial charge is 0.362 e. The van der Waals surface area contributed by atoms with Gasteiger partial charge in [-0.15, -0.1) is 0 Å². The number of anilines is 1. The first-order valence-electron chi connectivity index (χ1n) is 7.45.